The maximum Gasteiger partial charge on any atom is 0.244 e. The van der Waals surface area contributed by atoms with Gasteiger partial charge >= 0.3 is 0 Å². The van der Waals surface area contributed by atoms with Crippen molar-refractivity contribution in [2.24, 2.45) is 5.73 Å². The molecule has 1 aliphatic heterocycles. The first-order valence-corrected chi connectivity index (χ1v) is 6.93. The van der Waals surface area contributed by atoms with Crippen LogP contribution in [-0.4, -0.2) is 42.6 Å². The van der Waals surface area contributed by atoms with Crippen LogP contribution >= 0.6 is 0 Å². The van der Waals surface area contributed by atoms with E-state index in [-0.39, 0.29) is 5.91 Å². The van der Waals surface area contributed by atoms with E-state index >= 15 is 0 Å². The number of hydrogen-bond donors (Lipinski definition) is 2. The summed E-state index contributed by atoms with van der Waals surface area (Å²) in [5.41, 5.74) is 5.75. The minimum atomic E-state index is -0.723. The second-order valence-corrected chi connectivity index (χ2v) is 5.59. The van der Waals surface area contributed by atoms with Gasteiger partial charge in [0.2, 0.25) is 5.91 Å². The van der Waals surface area contributed by atoms with E-state index in [2.05, 4.69) is 24.1 Å². The number of primary amides is 1. The van der Waals surface area contributed by atoms with Crippen LogP contribution in [0.1, 0.15) is 20.3 Å². The molecule has 1 heterocycles. The molecular formula is C15H23N3O2. The van der Waals surface area contributed by atoms with Gasteiger partial charge in [0.15, 0.2) is 0 Å². The fraction of sp³-hybridized carbons (Fsp3) is 0.533. The third kappa shape index (κ3) is 2.72. The molecule has 0 saturated carbocycles. The van der Waals surface area contributed by atoms with Gasteiger partial charge in [-0.05, 0) is 32.4 Å². The minimum absolute atomic E-state index is 0.313. The average molecular weight is 277 g/mol. The maximum atomic E-state index is 12.0. The molecule has 20 heavy (non-hydrogen) atoms. The second kappa shape index (κ2) is 5.71. The van der Waals surface area contributed by atoms with Gasteiger partial charge in [-0.2, -0.15) is 0 Å². The molecule has 2 rings (SSSR count). The lowest BCUT2D eigenvalue weighted by molar-refractivity contribution is -0.122. The lowest BCUT2D eigenvalue weighted by Crippen LogP contribution is -2.53. The first-order chi connectivity index (χ1) is 9.48. The van der Waals surface area contributed by atoms with Crippen LogP contribution in [0.3, 0.4) is 0 Å². The molecule has 1 fully saturated rings. The highest BCUT2D eigenvalue weighted by Crippen LogP contribution is 2.31. The van der Waals surface area contributed by atoms with Gasteiger partial charge in [0.05, 0.1) is 12.8 Å². The van der Waals surface area contributed by atoms with Crippen molar-refractivity contribution < 1.29 is 9.53 Å². The number of hydrogen-bond acceptors (Lipinski definition) is 4. The van der Waals surface area contributed by atoms with E-state index < -0.39 is 5.54 Å². The number of para-hydroxylation sites is 2. The van der Waals surface area contributed by atoms with Crippen molar-refractivity contribution in [1.29, 1.82) is 0 Å². The number of carbonyl (C=O) groups is 1. The average Bonchev–Trinajstić information content (AvgIpc) is 2.85. The highest BCUT2D eigenvalue weighted by molar-refractivity contribution is 5.89. The molecule has 1 aromatic carbocycles. The topological polar surface area (TPSA) is 67.6 Å². The van der Waals surface area contributed by atoms with Crippen molar-refractivity contribution >= 4 is 11.6 Å². The Labute approximate surface area is 120 Å². The van der Waals surface area contributed by atoms with E-state index in [9.17, 15) is 4.79 Å². The number of anilines is 1. The largest absolute Gasteiger partial charge is 0.495 e. The Morgan fingerprint density at radius 2 is 2.15 bits per heavy atom. The summed E-state index contributed by atoms with van der Waals surface area (Å²) in [6.45, 7) is 5.74. The summed E-state index contributed by atoms with van der Waals surface area (Å²) < 4.78 is 5.33. The normalized spacial score (nSPS) is 23.0. The smallest absolute Gasteiger partial charge is 0.244 e. The van der Waals surface area contributed by atoms with Crippen LogP contribution in [0, 0.1) is 0 Å². The standard InChI is InChI=1S/C15H23N3O2/c1-11(2)18-9-8-15(10-18,14(16)19)17-12-6-4-5-7-13(12)20-3/h4-7,11,17H,8-10H2,1-3H3,(H2,16,19). The van der Waals surface area contributed by atoms with Crippen molar-refractivity contribution in [2.45, 2.75) is 31.8 Å². The zero-order chi connectivity index (χ0) is 14.8. The van der Waals surface area contributed by atoms with E-state index in [1.54, 1.807) is 7.11 Å². The van der Waals surface area contributed by atoms with Crippen LogP contribution in [0.5, 0.6) is 5.75 Å². The lowest BCUT2D eigenvalue weighted by Gasteiger charge is -2.30. The molecule has 5 nitrogen and oxygen atoms in total. The van der Waals surface area contributed by atoms with Crippen LogP contribution in [-0.2, 0) is 4.79 Å². The van der Waals surface area contributed by atoms with Crippen molar-refractivity contribution in [3.8, 4) is 5.75 Å². The maximum absolute atomic E-state index is 12.0. The number of nitrogens with one attached hydrogen (secondary N) is 1. The zero-order valence-electron chi connectivity index (χ0n) is 12.3. The van der Waals surface area contributed by atoms with E-state index in [4.69, 9.17) is 10.5 Å². The second-order valence-electron chi connectivity index (χ2n) is 5.59. The number of rotatable bonds is 5. The van der Waals surface area contributed by atoms with Gasteiger partial charge in [0.1, 0.15) is 11.3 Å². The first kappa shape index (κ1) is 14.7. The summed E-state index contributed by atoms with van der Waals surface area (Å²) in [6.07, 6.45) is 0.707. The lowest BCUT2D eigenvalue weighted by atomic mass is 9.97. The quantitative estimate of drug-likeness (QED) is 0.854. The molecule has 0 radical (unpaired) electrons. The molecular weight excluding hydrogens is 254 g/mol. The Morgan fingerprint density at radius 1 is 1.45 bits per heavy atom. The van der Waals surface area contributed by atoms with Crippen molar-refractivity contribution in [3.05, 3.63) is 24.3 Å². The third-order valence-corrected chi connectivity index (χ3v) is 3.98. The predicted octanol–water partition coefficient (Wildman–Crippen LogP) is 1.45. The zero-order valence-corrected chi connectivity index (χ0v) is 12.3. The minimum Gasteiger partial charge on any atom is -0.495 e. The number of likely N-dealkylation sites (tertiary alicyclic amines) is 1. The van der Waals surface area contributed by atoms with Gasteiger partial charge in [-0.25, -0.2) is 0 Å². The number of ether oxygens (including phenoxy) is 1. The molecule has 3 N–H and O–H groups in total. The van der Waals surface area contributed by atoms with Gasteiger partial charge in [-0.15, -0.1) is 0 Å². The van der Waals surface area contributed by atoms with E-state index in [0.29, 0.717) is 19.0 Å². The molecule has 1 amide bonds. The van der Waals surface area contributed by atoms with E-state index in [1.807, 2.05) is 24.3 Å². The molecule has 0 aliphatic carbocycles. The number of nitrogens with two attached hydrogens (primary N) is 1. The molecule has 1 aromatic rings. The van der Waals surface area contributed by atoms with Gasteiger partial charge < -0.3 is 15.8 Å². The SMILES string of the molecule is COc1ccccc1NC1(C(N)=O)CCN(C(C)C)C1. The molecule has 1 saturated heterocycles. The summed E-state index contributed by atoms with van der Waals surface area (Å²) in [4.78, 5) is 14.2. The summed E-state index contributed by atoms with van der Waals surface area (Å²) in [6, 6.07) is 7.98. The van der Waals surface area contributed by atoms with E-state index in [1.165, 1.54) is 0 Å². The molecule has 1 atom stereocenters. The van der Waals surface area contributed by atoms with Crippen LogP contribution in [0.15, 0.2) is 24.3 Å². The van der Waals surface area contributed by atoms with Gasteiger partial charge in [-0.3, -0.25) is 9.69 Å². The molecule has 0 aromatic heterocycles. The highest BCUT2D eigenvalue weighted by atomic mass is 16.5. The third-order valence-electron chi connectivity index (χ3n) is 3.98. The fourth-order valence-corrected chi connectivity index (χ4v) is 2.65. The van der Waals surface area contributed by atoms with Crippen LogP contribution < -0.4 is 15.8 Å². The number of carbonyl (C=O) groups excluding carboxylic acids is 1. The number of amides is 1. The first-order valence-electron chi connectivity index (χ1n) is 6.93. The Morgan fingerprint density at radius 3 is 2.70 bits per heavy atom. The number of methoxy groups -OCH3 is 1. The van der Waals surface area contributed by atoms with Crippen molar-refractivity contribution in [3.63, 3.8) is 0 Å². The molecule has 1 aliphatic rings. The van der Waals surface area contributed by atoms with Crippen LogP contribution in [0.25, 0.3) is 0 Å². The van der Waals surface area contributed by atoms with Crippen LogP contribution in [0.4, 0.5) is 5.69 Å². The molecule has 5 heteroatoms. The summed E-state index contributed by atoms with van der Waals surface area (Å²) in [5.74, 6) is 0.405. The van der Waals surface area contributed by atoms with Crippen molar-refractivity contribution in [1.82, 2.24) is 4.90 Å². The Kier molecular flexibility index (Phi) is 4.18. The number of benzene rings is 1. The predicted molar refractivity (Wildman–Crippen MR) is 79.9 cm³/mol. The van der Waals surface area contributed by atoms with Gasteiger partial charge in [0.25, 0.3) is 0 Å². The summed E-state index contributed by atoms with van der Waals surface area (Å²) >= 11 is 0. The summed E-state index contributed by atoms with van der Waals surface area (Å²) in [7, 11) is 1.62. The van der Waals surface area contributed by atoms with Gasteiger partial charge in [0, 0.05) is 19.1 Å². The molecule has 0 spiro atoms. The Hall–Kier alpha value is -1.75. The van der Waals surface area contributed by atoms with Crippen molar-refractivity contribution in [2.75, 3.05) is 25.5 Å². The highest BCUT2D eigenvalue weighted by Gasteiger charge is 2.44. The Balaban J connectivity index is 2.25. The van der Waals surface area contributed by atoms with Gasteiger partial charge in [-0.1, -0.05) is 12.1 Å². The monoisotopic (exact) mass is 277 g/mol. The molecule has 0 bridgehead atoms. The Bertz CT molecular complexity index is 490. The summed E-state index contributed by atoms with van der Waals surface area (Å²) in [5, 5.41) is 3.32. The number of nitrogens with zero attached hydrogens (tertiary/aromatic N) is 1. The molecule has 1 unspecified atom stereocenters. The van der Waals surface area contributed by atoms with Crippen LogP contribution in [0.2, 0.25) is 0 Å². The fourth-order valence-electron chi connectivity index (χ4n) is 2.65. The van der Waals surface area contributed by atoms with E-state index in [0.717, 1.165) is 18.0 Å². The molecule has 110 valence electrons.